The topological polar surface area (TPSA) is 644 Å². The summed E-state index contributed by atoms with van der Waals surface area (Å²) in [5.74, 6) is -20.8. The van der Waals surface area contributed by atoms with Crippen LogP contribution in [0.15, 0.2) is 9.98 Å². The number of aliphatic carboxylic acids is 6. The van der Waals surface area contributed by atoms with Gasteiger partial charge in [0.1, 0.15) is 60.4 Å². The van der Waals surface area contributed by atoms with E-state index >= 15 is 0 Å². The van der Waals surface area contributed by atoms with E-state index in [9.17, 15) is 107 Å². The lowest BCUT2D eigenvalue weighted by molar-refractivity contribution is -0.143. The first kappa shape index (κ1) is 72.2. The molecule has 0 radical (unpaired) electrons. The lowest BCUT2D eigenvalue weighted by Crippen LogP contribution is -2.59. The van der Waals surface area contributed by atoms with E-state index in [1.54, 1.807) is 0 Å². The van der Waals surface area contributed by atoms with Crippen molar-refractivity contribution in [3.05, 3.63) is 0 Å². The van der Waals surface area contributed by atoms with Crippen LogP contribution in [-0.4, -0.2) is 211 Å². The van der Waals surface area contributed by atoms with Gasteiger partial charge in [0.05, 0.1) is 12.8 Å². The van der Waals surface area contributed by atoms with Gasteiger partial charge in [-0.25, -0.2) is 9.59 Å². The summed E-state index contributed by atoms with van der Waals surface area (Å²) in [7, 11) is 0. The minimum atomic E-state index is -2.11. The number of carbonyl (C=O) groups excluding carboxylic acids is 10. The Labute approximate surface area is 488 Å². The van der Waals surface area contributed by atoms with Crippen LogP contribution >= 0.6 is 0 Å². The van der Waals surface area contributed by atoms with Gasteiger partial charge in [0.25, 0.3) is 0 Å². The predicted octanol–water partition coefficient (Wildman–Crippen LogP) is -8.06. The van der Waals surface area contributed by atoms with Crippen LogP contribution in [0, 0.1) is 0 Å². The molecule has 0 saturated carbocycles. The third kappa shape index (κ3) is 27.9. The number of nitrogens with two attached hydrogens (primary N) is 4. The molecule has 2 fully saturated rings. The third-order valence-electron chi connectivity index (χ3n) is 12.8. The van der Waals surface area contributed by atoms with Gasteiger partial charge in [0.15, 0.2) is 11.9 Å². The molecular weight excluding hydrogens is 1150 g/mol. The average molecular weight is 1230 g/mol. The van der Waals surface area contributed by atoms with Gasteiger partial charge in [-0.15, -0.1) is 0 Å². The molecule has 0 aromatic heterocycles. The molecule has 10 atom stereocenters. The Morgan fingerprint density at radius 1 is 0.395 bits per heavy atom. The van der Waals surface area contributed by atoms with E-state index in [0.717, 1.165) is 0 Å². The van der Waals surface area contributed by atoms with Crippen molar-refractivity contribution in [3.63, 3.8) is 0 Å². The summed E-state index contributed by atoms with van der Waals surface area (Å²) in [5.41, 5.74) is 21.3. The summed E-state index contributed by atoms with van der Waals surface area (Å²) in [6.45, 7) is -0.203. The van der Waals surface area contributed by atoms with Gasteiger partial charge < -0.3 is 107 Å². The van der Waals surface area contributed by atoms with E-state index in [1.165, 1.54) is 0 Å². The number of hydrogen-bond acceptors (Lipinski definition) is 18. The van der Waals surface area contributed by atoms with E-state index in [1.807, 2.05) is 0 Å². The largest absolute Gasteiger partial charge is 0.481 e. The summed E-state index contributed by atoms with van der Waals surface area (Å²) in [6, 6.07) is -17.1. The fourth-order valence-electron chi connectivity index (χ4n) is 8.40. The second-order valence-corrected chi connectivity index (χ2v) is 19.7. The highest BCUT2D eigenvalue weighted by atomic mass is 16.4. The molecule has 38 nitrogen and oxygen atoms in total. The number of nitrogens with one attached hydrogen (secondary N) is 10. The molecule has 0 spiro atoms. The number of nitrogens with zero attached hydrogens (tertiary/aromatic N) is 2. The molecule has 0 unspecified atom stereocenters. The van der Waals surface area contributed by atoms with Gasteiger partial charge in [-0.05, 0) is 64.2 Å². The van der Waals surface area contributed by atoms with Gasteiger partial charge in [0.2, 0.25) is 59.1 Å². The number of unbranched alkanes of at least 4 members (excludes halogenated alkanes) is 1. The van der Waals surface area contributed by atoms with Gasteiger partial charge >= 0.3 is 35.8 Å². The Kier molecular flexibility index (Phi) is 30.7. The molecule has 2 aliphatic rings. The van der Waals surface area contributed by atoms with Gasteiger partial charge in [0, 0.05) is 38.8 Å². The maximum Gasteiger partial charge on any atom is 0.326 e. The van der Waals surface area contributed by atoms with E-state index < -0.39 is 207 Å². The van der Waals surface area contributed by atoms with Crippen molar-refractivity contribution in [1.82, 2.24) is 53.2 Å². The smallest absolute Gasteiger partial charge is 0.326 e. The Morgan fingerprint density at radius 2 is 0.674 bits per heavy atom. The summed E-state index contributed by atoms with van der Waals surface area (Å²) in [6.07, 6.45) is -7.64. The number of aliphatic imine (C=N–C) groups is 2. The zero-order chi connectivity index (χ0) is 64.8. The Hall–Kier alpha value is -9.94. The highest BCUT2D eigenvalue weighted by molar-refractivity contribution is 6.00. The van der Waals surface area contributed by atoms with Crippen molar-refractivity contribution in [2.24, 2.45) is 32.9 Å². The molecule has 0 aromatic carbocycles. The molecule has 0 aliphatic carbocycles. The fraction of sp³-hybridized carbons (Fsp3) is 0.625. The predicted molar refractivity (Wildman–Crippen MR) is 290 cm³/mol. The van der Waals surface area contributed by atoms with E-state index in [4.69, 9.17) is 22.9 Å². The Balaban J connectivity index is 2.58. The molecule has 10 amide bonds. The number of carboxylic acid groups (broad SMARTS) is 6. The standard InChI is InChI=1S/C48H74N16O22/c49-47(50)53-17-3-7-27(45(83)84)61-37(75)21(57-43(81)29(19-35(71)72)63-41(79)25(11-15-33(67)68)59-39(77)23-9-13-31(65)55-23)5-1-2-6-22(38(76)62-28(46(85)86)8-4-18-54-48(51)52)58-44(82)30(20-36(73)74)64-42(80)26(12-16-34(69)70)60-40(78)24-10-14-32(66)56-24/h21-30H,1-20H2,(H,55,65)(H,56,66)(H,57,81)(H,58,82)(H,59,77)(H,60,78)(H,61,75)(H,62,76)(H,63,79)(H,64,80)(H,67,68)(H,69,70)(H,71,72)(H,73,74)(H,83,84)(H,85,86)(H4,49,50,53)(H4,51,52,54)/t21-,22-,23-,24-,25-,26-,27+,28+,29-,30-/m0/s1. The molecular formula is C48H74N16O22. The van der Waals surface area contributed by atoms with Crippen molar-refractivity contribution in [2.75, 3.05) is 13.1 Å². The Bertz CT molecular complexity index is 2420. The van der Waals surface area contributed by atoms with Crippen LogP contribution in [0.2, 0.25) is 0 Å². The highest BCUT2D eigenvalue weighted by Crippen LogP contribution is 2.14. The first-order chi connectivity index (χ1) is 40.4. The fourth-order valence-corrected chi connectivity index (χ4v) is 8.40. The molecule has 478 valence electrons. The maximum atomic E-state index is 14.0. The minimum Gasteiger partial charge on any atom is -0.481 e. The van der Waals surface area contributed by atoms with Crippen LogP contribution in [0.3, 0.4) is 0 Å². The zero-order valence-corrected chi connectivity index (χ0v) is 46.3. The zero-order valence-electron chi connectivity index (χ0n) is 46.3. The van der Waals surface area contributed by atoms with Crippen molar-refractivity contribution in [2.45, 2.75) is 176 Å². The molecule has 38 heteroatoms. The first-order valence-corrected chi connectivity index (χ1v) is 26.8. The minimum absolute atomic E-state index is 0.00137. The van der Waals surface area contributed by atoms with E-state index in [0.29, 0.717) is 0 Å². The van der Waals surface area contributed by atoms with Crippen LogP contribution in [0.25, 0.3) is 0 Å². The molecule has 86 heavy (non-hydrogen) atoms. The molecule has 2 rings (SSSR count). The number of carboxylic acids is 6. The summed E-state index contributed by atoms with van der Waals surface area (Å²) in [4.78, 5) is 212. The molecule has 0 bridgehead atoms. The first-order valence-electron chi connectivity index (χ1n) is 26.8. The van der Waals surface area contributed by atoms with Crippen molar-refractivity contribution < 1.29 is 107 Å². The van der Waals surface area contributed by atoms with E-state index in [-0.39, 0.29) is 89.2 Å². The lowest BCUT2D eigenvalue weighted by atomic mass is 10.0. The van der Waals surface area contributed by atoms with Crippen LogP contribution in [0.4, 0.5) is 0 Å². The van der Waals surface area contributed by atoms with Crippen molar-refractivity contribution >= 4 is 107 Å². The van der Waals surface area contributed by atoms with Crippen LogP contribution in [0.5, 0.6) is 0 Å². The third-order valence-corrected chi connectivity index (χ3v) is 12.8. The number of carbonyl (C=O) groups is 16. The van der Waals surface area contributed by atoms with Crippen molar-refractivity contribution in [1.29, 1.82) is 0 Å². The van der Waals surface area contributed by atoms with Crippen LogP contribution in [-0.2, 0) is 76.7 Å². The summed E-state index contributed by atoms with van der Waals surface area (Å²) >= 11 is 0. The number of guanidine groups is 2. The van der Waals surface area contributed by atoms with Gasteiger partial charge in [-0.1, -0.05) is 12.8 Å². The SMILES string of the molecule is NC(N)=NCCC[C@@H](NC(=O)[C@H](CCCC[C@H](NC(=O)[C@H](CC(=O)O)NC(=O)[C@H](CCC(=O)O)NC(=O)[C@@H]1CCC(=O)N1)C(=O)N[C@H](CCCN=C(N)N)C(=O)O)NC(=O)[C@H](CC(=O)O)NC(=O)[C@H](CCC(=O)O)NC(=O)[C@@H]1CCC(=O)N1)C(=O)O. The molecule has 0 aromatic rings. The van der Waals surface area contributed by atoms with Crippen LogP contribution in [0.1, 0.15) is 116 Å². The molecule has 2 aliphatic heterocycles. The number of amides is 10. The molecule has 2 saturated heterocycles. The average Bonchev–Trinajstić information content (AvgIpc) is 3.79. The quantitative estimate of drug-likeness (QED) is 0.0154. The highest BCUT2D eigenvalue weighted by Gasteiger charge is 2.37. The second-order valence-electron chi connectivity index (χ2n) is 19.7. The number of hydrogen-bond donors (Lipinski definition) is 20. The number of rotatable bonds is 41. The second kappa shape index (κ2) is 36.6. The van der Waals surface area contributed by atoms with Gasteiger partial charge in [-0.3, -0.25) is 77.1 Å². The Morgan fingerprint density at radius 3 is 0.942 bits per heavy atom. The molecule has 24 N–H and O–H groups in total. The molecule has 2 heterocycles. The van der Waals surface area contributed by atoms with Crippen LogP contribution < -0.4 is 76.1 Å². The monoisotopic (exact) mass is 1230 g/mol. The van der Waals surface area contributed by atoms with Crippen molar-refractivity contribution in [3.8, 4) is 0 Å². The lowest BCUT2D eigenvalue weighted by Gasteiger charge is -2.27. The normalized spacial score (nSPS) is 17.0. The maximum absolute atomic E-state index is 14.0. The van der Waals surface area contributed by atoms with Gasteiger partial charge in [-0.2, -0.15) is 0 Å². The van der Waals surface area contributed by atoms with E-state index in [2.05, 4.69) is 63.2 Å². The summed E-state index contributed by atoms with van der Waals surface area (Å²) in [5, 5.41) is 80.6. The summed E-state index contributed by atoms with van der Waals surface area (Å²) < 4.78 is 0.